The maximum absolute atomic E-state index is 13.2. The van der Waals surface area contributed by atoms with Crippen LogP contribution in [-0.4, -0.2) is 27.5 Å². The summed E-state index contributed by atoms with van der Waals surface area (Å²) in [4.78, 5) is 13.1. The fraction of sp³-hybridized carbons (Fsp3) is 0.208. The Balaban J connectivity index is 1.88. The molecule has 0 fully saturated rings. The van der Waals surface area contributed by atoms with Crippen molar-refractivity contribution in [2.45, 2.75) is 30.3 Å². The number of halogens is 2. The van der Waals surface area contributed by atoms with Gasteiger partial charge in [0.05, 0.1) is 13.2 Å². The van der Waals surface area contributed by atoms with Crippen LogP contribution in [0.2, 0.25) is 5.02 Å². The molecule has 3 aromatic rings. The highest BCUT2D eigenvalue weighted by Crippen LogP contribution is 2.27. The van der Waals surface area contributed by atoms with Crippen molar-refractivity contribution in [3.8, 4) is 5.75 Å². The number of amides is 1. The first-order valence-corrected chi connectivity index (χ1v) is 12.8. The van der Waals surface area contributed by atoms with Crippen LogP contribution < -0.4 is 14.8 Å². The van der Waals surface area contributed by atoms with Gasteiger partial charge >= 0.3 is 0 Å². The lowest BCUT2D eigenvalue weighted by Gasteiger charge is -2.22. The first-order chi connectivity index (χ1) is 15.7. The van der Waals surface area contributed by atoms with Gasteiger partial charge in [0.1, 0.15) is 16.7 Å². The Bertz CT molecular complexity index is 1200. The minimum atomic E-state index is -4.12. The maximum atomic E-state index is 13.2. The number of carbonyl (C=O) groups is 1. The zero-order chi connectivity index (χ0) is 24.0. The molecule has 1 amide bonds. The second kappa shape index (κ2) is 11.2. The van der Waals surface area contributed by atoms with Crippen LogP contribution in [0, 0.1) is 0 Å². The third kappa shape index (κ3) is 6.80. The second-order valence-corrected chi connectivity index (χ2v) is 10.5. The summed E-state index contributed by atoms with van der Waals surface area (Å²) in [5.41, 5.74) is 1.71. The van der Waals surface area contributed by atoms with E-state index in [-0.39, 0.29) is 28.1 Å². The lowest BCUT2D eigenvalue weighted by atomic mass is 10.0. The molecule has 0 unspecified atom stereocenters. The van der Waals surface area contributed by atoms with Gasteiger partial charge < -0.3 is 10.1 Å². The molecule has 0 spiro atoms. The highest BCUT2D eigenvalue weighted by molar-refractivity contribution is 9.10. The van der Waals surface area contributed by atoms with Crippen LogP contribution in [0.25, 0.3) is 0 Å². The van der Waals surface area contributed by atoms with E-state index in [9.17, 15) is 13.2 Å². The second-order valence-electron chi connectivity index (χ2n) is 7.44. The lowest BCUT2D eigenvalue weighted by Crippen LogP contribution is -2.48. The smallest absolute Gasteiger partial charge is 0.245 e. The summed E-state index contributed by atoms with van der Waals surface area (Å²) in [7, 11) is -2.75. The molecule has 0 heterocycles. The molecule has 0 radical (unpaired) electrons. The average molecular weight is 552 g/mol. The molecule has 3 aromatic carbocycles. The van der Waals surface area contributed by atoms with E-state index in [1.807, 2.05) is 61.5 Å². The van der Waals surface area contributed by atoms with Crippen LogP contribution in [0.3, 0.4) is 0 Å². The van der Waals surface area contributed by atoms with Crippen molar-refractivity contribution in [1.29, 1.82) is 0 Å². The van der Waals surface area contributed by atoms with Crippen LogP contribution in [0.4, 0.5) is 0 Å². The SMILES string of the molecule is COc1ccc(Cl)cc1S(=O)(=O)N[C@H](Cc1ccccc1)C(=O)N[C@@H](C)c1ccc(Br)cc1. The van der Waals surface area contributed by atoms with Crippen molar-refractivity contribution >= 4 is 43.5 Å². The predicted octanol–water partition coefficient (Wildman–Crippen LogP) is 4.88. The molecule has 33 heavy (non-hydrogen) atoms. The monoisotopic (exact) mass is 550 g/mol. The summed E-state index contributed by atoms with van der Waals surface area (Å²) >= 11 is 9.42. The summed E-state index contributed by atoms with van der Waals surface area (Å²) in [6.45, 7) is 1.84. The highest BCUT2D eigenvalue weighted by atomic mass is 79.9. The van der Waals surface area contributed by atoms with E-state index in [0.29, 0.717) is 0 Å². The first kappa shape index (κ1) is 25.2. The van der Waals surface area contributed by atoms with E-state index in [0.717, 1.165) is 15.6 Å². The fourth-order valence-electron chi connectivity index (χ4n) is 3.30. The molecule has 2 N–H and O–H groups in total. The molecule has 6 nitrogen and oxygen atoms in total. The number of hydrogen-bond donors (Lipinski definition) is 2. The first-order valence-electron chi connectivity index (χ1n) is 10.1. The van der Waals surface area contributed by atoms with Crippen molar-refractivity contribution in [2.75, 3.05) is 7.11 Å². The molecule has 0 saturated carbocycles. The molecule has 0 saturated heterocycles. The van der Waals surface area contributed by atoms with Gasteiger partial charge in [0.25, 0.3) is 0 Å². The van der Waals surface area contributed by atoms with Crippen LogP contribution in [0.15, 0.2) is 82.2 Å². The predicted molar refractivity (Wildman–Crippen MR) is 133 cm³/mol. The van der Waals surface area contributed by atoms with Crippen LogP contribution in [0.1, 0.15) is 24.1 Å². The Morgan fingerprint density at radius 2 is 1.73 bits per heavy atom. The summed E-state index contributed by atoms with van der Waals surface area (Å²) in [5, 5.41) is 3.15. The third-order valence-corrected chi connectivity index (χ3v) is 7.30. The van der Waals surface area contributed by atoms with Crippen molar-refractivity contribution in [2.24, 2.45) is 0 Å². The zero-order valence-corrected chi connectivity index (χ0v) is 21.2. The molecule has 0 aliphatic carbocycles. The van der Waals surface area contributed by atoms with Crippen molar-refractivity contribution in [3.05, 3.63) is 93.4 Å². The molecule has 0 aliphatic rings. The molecular formula is C24H24BrClN2O4S. The van der Waals surface area contributed by atoms with Gasteiger partial charge in [-0.25, -0.2) is 8.42 Å². The van der Waals surface area contributed by atoms with E-state index in [4.69, 9.17) is 16.3 Å². The van der Waals surface area contributed by atoms with Gasteiger partial charge in [-0.05, 0) is 54.8 Å². The minimum Gasteiger partial charge on any atom is -0.495 e. The summed E-state index contributed by atoms with van der Waals surface area (Å²) in [6.07, 6.45) is 0.168. The van der Waals surface area contributed by atoms with Crippen molar-refractivity contribution in [1.82, 2.24) is 10.0 Å². The molecule has 174 valence electrons. The number of ether oxygens (including phenoxy) is 1. The Morgan fingerprint density at radius 3 is 2.36 bits per heavy atom. The van der Waals surface area contributed by atoms with E-state index in [1.54, 1.807) is 0 Å². The number of sulfonamides is 1. The Hall–Kier alpha value is -2.39. The summed E-state index contributed by atoms with van der Waals surface area (Å²) in [5.74, 6) is -0.312. The topological polar surface area (TPSA) is 84.5 Å². The quantitative estimate of drug-likeness (QED) is 0.397. The number of rotatable bonds is 9. The summed E-state index contributed by atoms with van der Waals surface area (Å²) in [6, 6.07) is 19.7. The van der Waals surface area contributed by atoms with Crippen LogP contribution in [0.5, 0.6) is 5.75 Å². The number of benzene rings is 3. The van der Waals surface area contributed by atoms with Gasteiger partial charge in [-0.2, -0.15) is 4.72 Å². The van der Waals surface area contributed by atoms with Crippen molar-refractivity contribution < 1.29 is 17.9 Å². The van der Waals surface area contributed by atoms with Crippen LogP contribution in [-0.2, 0) is 21.2 Å². The minimum absolute atomic E-state index is 0.133. The van der Waals surface area contributed by atoms with Gasteiger partial charge in [-0.1, -0.05) is 70.0 Å². The number of hydrogen-bond acceptors (Lipinski definition) is 4. The Morgan fingerprint density at radius 1 is 1.06 bits per heavy atom. The average Bonchev–Trinajstić information content (AvgIpc) is 2.79. The largest absolute Gasteiger partial charge is 0.495 e. The summed E-state index contributed by atoms with van der Waals surface area (Å²) < 4.78 is 35.1. The zero-order valence-electron chi connectivity index (χ0n) is 18.1. The lowest BCUT2D eigenvalue weighted by molar-refractivity contribution is -0.123. The molecule has 0 aliphatic heterocycles. The van der Waals surface area contributed by atoms with E-state index in [2.05, 4.69) is 26.0 Å². The molecule has 3 rings (SSSR count). The van der Waals surface area contributed by atoms with Gasteiger partial charge in [-0.3, -0.25) is 4.79 Å². The number of carbonyl (C=O) groups excluding carboxylic acids is 1. The van der Waals surface area contributed by atoms with Crippen molar-refractivity contribution in [3.63, 3.8) is 0 Å². The molecule has 9 heteroatoms. The maximum Gasteiger partial charge on any atom is 0.245 e. The van der Waals surface area contributed by atoms with Crippen LogP contribution >= 0.6 is 27.5 Å². The van der Waals surface area contributed by atoms with E-state index < -0.39 is 22.0 Å². The van der Waals surface area contributed by atoms with Gasteiger partial charge in [0, 0.05) is 9.50 Å². The molecule has 2 atom stereocenters. The fourth-order valence-corrected chi connectivity index (χ4v) is 5.19. The van der Waals surface area contributed by atoms with E-state index >= 15 is 0 Å². The van der Waals surface area contributed by atoms with Gasteiger partial charge in [0.15, 0.2) is 0 Å². The molecular weight excluding hydrogens is 528 g/mol. The highest BCUT2D eigenvalue weighted by Gasteiger charge is 2.29. The third-order valence-electron chi connectivity index (χ3n) is 5.04. The van der Waals surface area contributed by atoms with Gasteiger partial charge in [0.2, 0.25) is 15.9 Å². The number of methoxy groups -OCH3 is 1. The standard InChI is InChI=1S/C24H24BrClN2O4S/c1-16(18-8-10-19(25)11-9-18)27-24(29)21(14-17-6-4-3-5-7-17)28-33(30,31)23-15-20(26)12-13-22(23)32-2/h3-13,15-16,21,28H,14H2,1-2H3,(H,27,29)/t16-,21+/m0/s1. The normalized spacial score (nSPS) is 13.2. The van der Waals surface area contributed by atoms with Gasteiger partial charge in [-0.15, -0.1) is 0 Å². The Kier molecular flexibility index (Phi) is 8.53. The number of nitrogens with one attached hydrogen (secondary N) is 2. The Labute approximate surface area is 207 Å². The molecule has 0 aromatic heterocycles. The molecule has 0 bridgehead atoms. The van der Waals surface area contributed by atoms with E-state index in [1.165, 1.54) is 25.3 Å².